The van der Waals surface area contributed by atoms with Gasteiger partial charge in [0.25, 0.3) is 0 Å². The van der Waals surface area contributed by atoms with Gasteiger partial charge in [-0.1, -0.05) is 6.92 Å². The molecule has 0 radical (unpaired) electrons. The van der Waals surface area contributed by atoms with Crippen LogP contribution in [0.1, 0.15) is 13.3 Å². The lowest BCUT2D eigenvalue weighted by atomic mass is 10.00. The minimum Gasteiger partial charge on any atom is -0.392 e. The maximum atomic E-state index is 13.0. The first-order chi connectivity index (χ1) is 6.99. The van der Waals surface area contributed by atoms with Gasteiger partial charge in [-0.25, -0.2) is 4.39 Å². The molecule has 96 valence electrons. The van der Waals surface area contributed by atoms with E-state index in [9.17, 15) is 30.7 Å². The van der Waals surface area contributed by atoms with E-state index in [4.69, 9.17) is 5.11 Å². The minimum atomic E-state index is -6.11. The highest BCUT2D eigenvalue weighted by atomic mass is 19.4. The molecule has 0 aliphatic carbocycles. The van der Waals surface area contributed by atoms with Gasteiger partial charge in [0, 0.05) is 0 Å². The third kappa shape index (κ3) is 2.87. The maximum Gasteiger partial charge on any atom is 0.435 e. The first kappa shape index (κ1) is 15.2. The van der Waals surface area contributed by atoms with E-state index in [-0.39, 0.29) is 6.42 Å². The van der Waals surface area contributed by atoms with Crippen molar-refractivity contribution in [2.75, 3.05) is 6.61 Å². The van der Waals surface area contributed by atoms with E-state index in [0.29, 0.717) is 0 Å². The van der Waals surface area contributed by atoms with Crippen molar-refractivity contribution in [3.05, 3.63) is 11.6 Å². The Morgan fingerprint density at radius 1 is 1.00 bits per heavy atom. The van der Waals surface area contributed by atoms with Crippen LogP contribution in [0, 0.1) is 0 Å². The zero-order valence-electron chi connectivity index (χ0n) is 8.08. The average Bonchev–Trinajstić information content (AvgIpc) is 2.10. The highest BCUT2D eigenvalue weighted by Crippen LogP contribution is 2.47. The molecule has 16 heavy (non-hydrogen) atoms. The number of hydrogen-bond acceptors (Lipinski definition) is 1. The highest BCUT2D eigenvalue weighted by Gasteiger charge is 2.71. The second-order valence-corrected chi connectivity index (χ2v) is 3.02. The molecule has 0 aliphatic rings. The molecule has 0 aliphatic heterocycles. The summed E-state index contributed by atoms with van der Waals surface area (Å²) >= 11 is 0. The number of alkyl halides is 7. The Labute approximate surface area is 86.6 Å². The van der Waals surface area contributed by atoms with Crippen LogP contribution in [-0.4, -0.2) is 29.7 Å². The van der Waals surface area contributed by atoms with E-state index in [1.807, 2.05) is 0 Å². The lowest BCUT2D eigenvalue weighted by Gasteiger charge is -2.27. The molecule has 0 aromatic rings. The van der Waals surface area contributed by atoms with Crippen molar-refractivity contribution in [3.63, 3.8) is 0 Å². The van der Waals surface area contributed by atoms with E-state index in [1.165, 1.54) is 6.92 Å². The van der Waals surface area contributed by atoms with Gasteiger partial charge < -0.3 is 5.11 Å². The summed E-state index contributed by atoms with van der Waals surface area (Å²) in [6.07, 6.45) is -13.1. The Balaban J connectivity index is 5.53. The predicted molar refractivity (Wildman–Crippen MR) is 41.4 cm³/mol. The van der Waals surface area contributed by atoms with E-state index >= 15 is 0 Å². The molecule has 0 unspecified atom stereocenters. The summed E-state index contributed by atoms with van der Waals surface area (Å²) in [5, 5.41) is 8.45. The van der Waals surface area contributed by atoms with Crippen molar-refractivity contribution in [3.8, 4) is 0 Å². The fourth-order valence-corrected chi connectivity index (χ4v) is 0.865. The fourth-order valence-electron chi connectivity index (χ4n) is 0.865. The van der Waals surface area contributed by atoms with Crippen LogP contribution in [0.2, 0.25) is 0 Å². The molecule has 1 nitrogen and oxygen atoms in total. The number of hydrogen-bond donors (Lipinski definition) is 1. The number of allylic oxidation sites excluding steroid dienone is 1. The van der Waals surface area contributed by atoms with Gasteiger partial charge in [-0.2, -0.15) is 26.3 Å². The van der Waals surface area contributed by atoms with E-state index in [2.05, 4.69) is 0 Å². The molecule has 0 aromatic carbocycles. The molecule has 1 N–H and O–H groups in total. The van der Waals surface area contributed by atoms with Crippen LogP contribution in [0.3, 0.4) is 0 Å². The molecule has 0 spiro atoms. The second-order valence-electron chi connectivity index (χ2n) is 3.02. The van der Waals surface area contributed by atoms with Crippen LogP contribution < -0.4 is 0 Å². The first-order valence-corrected chi connectivity index (χ1v) is 4.13. The molecule has 0 rings (SSSR count). The van der Waals surface area contributed by atoms with Crippen LogP contribution in [0.5, 0.6) is 0 Å². The summed E-state index contributed by atoms with van der Waals surface area (Å²) in [6.45, 7) is 0.142. The largest absolute Gasteiger partial charge is 0.435 e. The minimum absolute atomic E-state index is 0.311. The Bertz CT molecular complexity index is 243. The van der Waals surface area contributed by atoms with Gasteiger partial charge >= 0.3 is 18.0 Å². The topological polar surface area (TPSA) is 20.2 Å². The standard InChI is InChI=1S/C8H9F7O/c1-2-5(4-16)3-6(9,7(10,11)12)8(13,14)15/h3,16H,2,4H2,1H3/b5-3+. The lowest BCUT2D eigenvalue weighted by molar-refractivity contribution is -0.322. The SMILES string of the molecule is CC/C(=C\C(F)(C(F)(F)F)C(F)(F)F)CO. The maximum absolute atomic E-state index is 13.0. The van der Waals surface area contributed by atoms with Gasteiger partial charge in [0.15, 0.2) is 0 Å². The summed E-state index contributed by atoms with van der Waals surface area (Å²) in [5.74, 6) is 0. The van der Waals surface area contributed by atoms with E-state index < -0.39 is 36.3 Å². The number of aliphatic hydroxyl groups excluding tert-OH is 1. The van der Waals surface area contributed by atoms with Gasteiger partial charge in [-0.3, -0.25) is 0 Å². The Morgan fingerprint density at radius 2 is 1.38 bits per heavy atom. The van der Waals surface area contributed by atoms with Crippen molar-refractivity contribution in [2.24, 2.45) is 0 Å². The van der Waals surface area contributed by atoms with Crippen molar-refractivity contribution >= 4 is 0 Å². The Morgan fingerprint density at radius 3 is 1.56 bits per heavy atom. The zero-order valence-corrected chi connectivity index (χ0v) is 8.08. The second kappa shape index (κ2) is 4.60. The molecule has 0 amide bonds. The summed E-state index contributed by atoms with van der Waals surface area (Å²) in [4.78, 5) is 0. The predicted octanol–water partition coefficient (Wildman–Crippen LogP) is 3.15. The van der Waals surface area contributed by atoms with Gasteiger partial charge in [-0.05, 0) is 18.1 Å². The van der Waals surface area contributed by atoms with Crippen molar-refractivity contribution < 1.29 is 35.8 Å². The van der Waals surface area contributed by atoms with Gasteiger partial charge in [0.05, 0.1) is 6.61 Å². The highest BCUT2D eigenvalue weighted by molar-refractivity contribution is 5.17. The molecule has 0 heterocycles. The summed E-state index contributed by atoms with van der Waals surface area (Å²) in [7, 11) is 0. The first-order valence-electron chi connectivity index (χ1n) is 4.13. The normalized spacial score (nSPS) is 15.4. The fraction of sp³-hybridized carbons (Fsp3) is 0.750. The van der Waals surface area contributed by atoms with Gasteiger partial charge in [-0.15, -0.1) is 0 Å². The van der Waals surface area contributed by atoms with Crippen LogP contribution in [-0.2, 0) is 0 Å². The summed E-state index contributed by atoms with van der Waals surface area (Å²) in [6, 6.07) is 0. The van der Waals surface area contributed by atoms with Crippen LogP contribution in [0.25, 0.3) is 0 Å². The molecule has 0 aromatic heterocycles. The molecular formula is C8H9F7O. The average molecular weight is 254 g/mol. The third-order valence-electron chi connectivity index (χ3n) is 1.89. The molecule has 0 atom stereocenters. The number of halogens is 7. The molecule has 0 saturated carbocycles. The number of rotatable bonds is 3. The van der Waals surface area contributed by atoms with E-state index in [1.54, 1.807) is 0 Å². The van der Waals surface area contributed by atoms with Crippen LogP contribution in [0.4, 0.5) is 30.7 Å². The number of aliphatic hydroxyl groups is 1. The smallest absolute Gasteiger partial charge is 0.392 e. The Kier molecular flexibility index (Phi) is 4.38. The lowest BCUT2D eigenvalue weighted by Crippen LogP contribution is -2.52. The van der Waals surface area contributed by atoms with Crippen LogP contribution in [0.15, 0.2) is 11.6 Å². The summed E-state index contributed by atoms with van der Waals surface area (Å²) < 4.78 is 85.1. The summed E-state index contributed by atoms with van der Waals surface area (Å²) in [5.41, 5.74) is -6.09. The van der Waals surface area contributed by atoms with Crippen LogP contribution >= 0.6 is 0 Å². The molecule has 0 bridgehead atoms. The molecule has 0 fully saturated rings. The molecule has 0 saturated heterocycles. The van der Waals surface area contributed by atoms with Gasteiger partial charge in [0.2, 0.25) is 0 Å². The van der Waals surface area contributed by atoms with Crippen molar-refractivity contribution in [1.29, 1.82) is 0 Å². The van der Waals surface area contributed by atoms with Crippen molar-refractivity contribution in [1.82, 2.24) is 0 Å². The van der Waals surface area contributed by atoms with E-state index in [0.717, 1.165) is 0 Å². The molecule has 8 heteroatoms. The Hall–Kier alpha value is -0.790. The quantitative estimate of drug-likeness (QED) is 0.606. The monoisotopic (exact) mass is 254 g/mol. The third-order valence-corrected chi connectivity index (χ3v) is 1.89. The van der Waals surface area contributed by atoms with Gasteiger partial charge in [0.1, 0.15) is 0 Å². The van der Waals surface area contributed by atoms with Crippen molar-refractivity contribution in [2.45, 2.75) is 31.4 Å². The molecular weight excluding hydrogens is 245 g/mol. The zero-order chi connectivity index (χ0) is 13.2.